The fraction of sp³-hybridized carbons (Fsp3) is 0. The minimum atomic E-state index is 1.31. The molecule has 1 aromatic heterocycles. The molecule has 0 aliphatic heterocycles. The maximum absolute atomic E-state index is 3.74. The second-order valence-corrected chi connectivity index (χ2v) is 4.98. The van der Waals surface area contributed by atoms with Crippen LogP contribution in [-0.4, -0.2) is 4.98 Å². The molecule has 0 N–H and O–H groups in total. The fourth-order valence-corrected chi connectivity index (χ4v) is 2.41. The van der Waals surface area contributed by atoms with Crippen molar-refractivity contribution in [1.29, 1.82) is 0 Å². The average molecular weight is 263 g/mol. The van der Waals surface area contributed by atoms with Crippen LogP contribution in [0.2, 0.25) is 0 Å². The zero-order valence-electron chi connectivity index (χ0n) is 10.4. The van der Waals surface area contributed by atoms with Gasteiger partial charge in [0.2, 0.25) is 0 Å². The van der Waals surface area contributed by atoms with Crippen LogP contribution >= 0.6 is 11.3 Å². The van der Waals surface area contributed by atoms with E-state index in [-0.39, 0.29) is 0 Å². The van der Waals surface area contributed by atoms with E-state index in [9.17, 15) is 0 Å². The highest BCUT2D eigenvalue weighted by Gasteiger charge is 1.95. The summed E-state index contributed by atoms with van der Waals surface area (Å²) in [6.45, 7) is 0. The molecule has 4 rings (SSSR count). The van der Waals surface area contributed by atoms with Gasteiger partial charge < -0.3 is 0 Å². The van der Waals surface area contributed by atoms with Crippen molar-refractivity contribution >= 4 is 32.9 Å². The Morgan fingerprint density at radius 1 is 0.684 bits per heavy atom. The van der Waals surface area contributed by atoms with Gasteiger partial charge in [0, 0.05) is 11.6 Å². The van der Waals surface area contributed by atoms with E-state index in [1.54, 1.807) is 23.0 Å². The molecule has 0 aliphatic rings. The number of hydrogen-bond donors (Lipinski definition) is 0. The predicted molar refractivity (Wildman–Crippen MR) is 83.6 cm³/mol. The van der Waals surface area contributed by atoms with E-state index in [0.717, 1.165) is 0 Å². The Kier molecular flexibility index (Phi) is 3.52. The summed E-state index contributed by atoms with van der Waals surface area (Å²) in [5, 5.41) is 7.18. The van der Waals surface area contributed by atoms with E-state index in [1.165, 1.54) is 21.5 Å². The van der Waals surface area contributed by atoms with Crippen LogP contribution in [-0.2, 0) is 0 Å². The van der Waals surface area contributed by atoms with Gasteiger partial charge in [0.25, 0.3) is 0 Å². The summed E-state index contributed by atoms with van der Waals surface area (Å²) in [5.74, 6) is 0. The molecule has 0 fully saturated rings. The largest absolute Gasteiger partial charge is 0.253 e. The Balaban J connectivity index is 0.000000187. The molecule has 0 bridgehead atoms. The normalized spacial score (nSPS) is 10.1. The topological polar surface area (TPSA) is 12.9 Å². The maximum Gasteiger partial charge on any atom is 0.0791 e. The second kappa shape index (κ2) is 5.63. The highest BCUT2D eigenvalue weighted by molar-refractivity contribution is 7.07. The van der Waals surface area contributed by atoms with Crippen molar-refractivity contribution in [2.75, 3.05) is 0 Å². The predicted octanol–water partition coefficient (Wildman–Crippen LogP) is 5.14. The summed E-state index contributed by atoms with van der Waals surface area (Å²) in [7, 11) is 0. The molecular weight excluding hydrogens is 250 g/mol. The van der Waals surface area contributed by atoms with Crippen LogP contribution in [0.25, 0.3) is 21.5 Å². The van der Waals surface area contributed by atoms with Crippen molar-refractivity contribution in [3.8, 4) is 0 Å². The lowest BCUT2D eigenvalue weighted by Crippen LogP contribution is -1.74. The van der Waals surface area contributed by atoms with E-state index < -0.39 is 0 Å². The van der Waals surface area contributed by atoms with Gasteiger partial charge in [0.05, 0.1) is 5.51 Å². The summed E-state index contributed by atoms with van der Waals surface area (Å²) in [4.78, 5) is 3.74. The summed E-state index contributed by atoms with van der Waals surface area (Å²) in [5.41, 5.74) is 1.79. The molecule has 2 heteroatoms. The molecule has 0 saturated heterocycles. The van der Waals surface area contributed by atoms with Crippen LogP contribution in [0.3, 0.4) is 0 Å². The summed E-state index contributed by atoms with van der Waals surface area (Å²) >= 11 is 1.60. The van der Waals surface area contributed by atoms with Crippen molar-refractivity contribution < 1.29 is 0 Å². The van der Waals surface area contributed by atoms with Gasteiger partial charge >= 0.3 is 0 Å². The fourth-order valence-electron chi connectivity index (χ4n) is 2.06. The number of hydrogen-bond acceptors (Lipinski definition) is 2. The Morgan fingerprint density at radius 3 is 1.42 bits per heavy atom. The van der Waals surface area contributed by atoms with Crippen LogP contribution < -0.4 is 0 Å². The van der Waals surface area contributed by atoms with Gasteiger partial charge in [-0.1, -0.05) is 48.5 Å². The van der Waals surface area contributed by atoms with E-state index in [4.69, 9.17) is 0 Å². The smallest absolute Gasteiger partial charge is 0.0791 e. The average Bonchev–Trinajstić information content (AvgIpc) is 3.04. The number of benzene rings is 3. The number of thiazole rings is 1. The highest BCUT2D eigenvalue weighted by atomic mass is 32.1. The second-order valence-electron chi connectivity index (χ2n) is 4.22. The molecule has 0 amide bonds. The molecule has 4 aromatic rings. The Bertz CT molecular complexity index is 653. The monoisotopic (exact) mass is 263 g/mol. The van der Waals surface area contributed by atoms with E-state index >= 15 is 0 Å². The molecule has 0 unspecified atom stereocenters. The molecule has 3 aromatic carbocycles. The summed E-state index contributed by atoms with van der Waals surface area (Å²) in [6.07, 6.45) is 1.77. The van der Waals surface area contributed by atoms with Gasteiger partial charge in [-0.2, -0.15) is 0 Å². The molecule has 0 spiro atoms. The van der Waals surface area contributed by atoms with Crippen molar-refractivity contribution in [1.82, 2.24) is 4.98 Å². The number of aromatic nitrogens is 1. The molecular formula is C17H13NS. The number of nitrogens with zero attached hydrogens (tertiary/aromatic N) is 1. The zero-order valence-corrected chi connectivity index (χ0v) is 11.2. The molecule has 0 radical (unpaired) electrons. The number of fused-ring (bicyclic) bond motifs is 2. The lowest BCUT2D eigenvalue weighted by Gasteiger charge is -2.00. The molecule has 19 heavy (non-hydrogen) atoms. The van der Waals surface area contributed by atoms with E-state index in [2.05, 4.69) is 65.6 Å². The van der Waals surface area contributed by atoms with Crippen molar-refractivity contribution in [2.24, 2.45) is 0 Å². The molecule has 1 nitrogen and oxygen atoms in total. The number of rotatable bonds is 0. The first kappa shape index (κ1) is 11.9. The standard InChI is InChI=1S/C14H10.C3H3NS/c1-2-6-12-10-14-8-4-3-7-13(14)9-11(12)5-1;1-2-5-3-4-1/h1-10H;1-3H. The van der Waals surface area contributed by atoms with Crippen molar-refractivity contribution in [3.63, 3.8) is 0 Å². The van der Waals surface area contributed by atoms with Gasteiger partial charge in [-0.05, 0) is 33.7 Å². The summed E-state index contributed by atoms with van der Waals surface area (Å²) in [6, 6.07) is 21.4. The molecule has 0 aliphatic carbocycles. The molecule has 0 saturated carbocycles. The minimum absolute atomic E-state index is 1.31. The SMILES string of the molecule is c1ccc2cc3ccccc3cc2c1.c1cscn1. The third-order valence-corrected chi connectivity index (χ3v) is 3.48. The Labute approximate surface area is 116 Å². The third kappa shape index (κ3) is 2.80. The zero-order chi connectivity index (χ0) is 12.9. The minimum Gasteiger partial charge on any atom is -0.253 e. The van der Waals surface area contributed by atoms with Crippen LogP contribution in [0.5, 0.6) is 0 Å². The first-order valence-corrected chi connectivity index (χ1v) is 7.07. The lowest BCUT2D eigenvalue weighted by molar-refractivity contribution is 1.43. The first-order chi connectivity index (χ1) is 9.43. The quantitative estimate of drug-likeness (QED) is 0.400. The molecule has 92 valence electrons. The van der Waals surface area contributed by atoms with Crippen molar-refractivity contribution in [3.05, 3.63) is 77.8 Å². The van der Waals surface area contributed by atoms with Crippen LogP contribution in [0.1, 0.15) is 0 Å². The Morgan fingerprint density at radius 2 is 1.16 bits per heavy atom. The summed E-state index contributed by atoms with van der Waals surface area (Å²) < 4.78 is 0. The molecule has 0 atom stereocenters. The first-order valence-electron chi connectivity index (χ1n) is 6.13. The maximum atomic E-state index is 3.74. The van der Waals surface area contributed by atoms with E-state index in [0.29, 0.717) is 0 Å². The van der Waals surface area contributed by atoms with Gasteiger partial charge in [-0.25, -0.2) is 0 Å². The van der Waals surface area contributed by atoms with E-state index in [1.807, 2.05) is 5.38 Å². The van der Waals surface area contributed by atoms with Crippen LogP contribution in [0.4, 0.5) is 0 Å². The van der Waals surface area contributed by atoms with Crippen LogP contribution in [0, 0.1) is 0 Å². The molecule has 1 heterocycles. The van der Waals surface area contributed by atoms with Gasteiger partial charge in [0.1, 0.15) is 0 Å². The van der Waals surface area contributed by atoms with Gasteiger partial charge in [-0.15, -0.1) is 11.3 Å². The highest BCUT2D eigenvalue weighted by Crippen LogP contribution is 2.21. The van der Waals surface area contributed by atoms with Crippen LogP contribution in [0.15, 0.2) is 77.8 Å². The lowest BCUT2D eigenvalue weighted by atomic mass is 10.0. The van der Waals surface area contributed by atoms with Crippen molar-refractivity contribution in [2.45, 2.75) is 0 Å². The Hall–Kier alpha value is -2.19. The third-order valence-electron chi connectivity index (χ3n) is 2.96. The van der Waals surface area contributed by atoms with Gasteiger partial charge in [0.15, 0.2) is 0 Å². The van der Waals surface area contributed by atoms with Gasteiger partial charge in [-0.3, -0.25) is 4.98 Å².